The number of anilines is 1. The van der Waals surface area contributed by atoms with E-state index in [0.29, 0.717) is 17.8 Å². The van der Waals surface area contributed by atoms with E-state index in [9.17, 15) is 9.90 Å². The summed E-state index contributed by atoms with van der Waals surface area (Å²) in [6.07, 6.45) is 14.2. The fourth-order valence-electron chi connectivity index (χ4n) is 6.28. The molecule has 2 N–H and O–H groups in total. The lowest BCUT2D eigenvalue weighted by molar-refractivity contribution is -0.105. The number of nitrogens with one attached hydrogen (secondary N) is 1. The van der Waals surface area contributed by atoms with Crippen molar-refractivity contribution in [3.8, 4) is 23.0 Å². The zero-order valence-electron chi connectivity index (χ0n) is 27.0. The second kappa shape index (κ2) is 15.0. The van der Waals surface area contributed by atoms with Crippen LogP contribution in [0.1, 0.15) is 121 Å². The summed E-state index contributed by atoms with van der Waals surface area (Å²) in [7, 11) is 0. The van der Waals surface area contributed by atoms with Crippen molar-refractivity contribution < 1.29 is 19.4 Å². The zero-order chi connectivity index (χ0) is 30.2. The van der Waals surface area contributed by atoms with Crippen molar-refractivity contribution >= 4 is 12.1 Å². The van der Waals surface area contributed by atoms with Gasteiger partial charge in [-0.3, -0.25) is 4.79 Å². The maximum absolute atomic E-state index is 10.9. The van der Waals surface area contributed by atoms with E-state index in [1.165, 1.54) is 63.0 Å². The number of ether oxygens (including phenoxy) is 2. The predicted octanol–water partition coefficient (Wildman–Crippen LogP) is 10.2. The molecule has 0 aromatic heterocycles. The van der Waals surface area contributed by atoms with Gasteiger partial charge in [-0.15, -0.1) is 0 Å². The van der Waals surface area contributed by atoms with E-state index in [2.05, 4.69) is 53.8 Å². The fraction of sp³-hybridized carbons (Fsp3) is 0.639. The molecular formula is C36H55NO4. The molecule has 1 amide bonds. The highest BCUT2D eigenvalue weighted by Gasteiger charge is 2.34. The van der Waals surface area contributed by atoms with Gasteiger partial charge in [0.15, 0.2) is 11.5 Å². The van der Waals surface area contributed by atoms with Gasteiger partial charge in [0.2, 0.25) is 6.41 Å². The number of fused-ring (bicyclic) bond motifs is 1. The second-order valence-electron chi connectivity index (χ2n) is 13.5. The van der Waals surface area contributed by atoms with Gasteiger partial charge in [0, 0.05) is 17.3 Å². The molecule has 0 radical (unpaired) electrons. The Morgan fingerprint density at radius 1 is 0.951 bits per heavy atom. The molecule has 0 spiro atoms. The summed E-state index contributed by atoms with van der Waals surface area (Å²) in [4.78, 5) is 10.9. The van der Waals surface area contributed by atoms with Crippen LogP contribution in [0.2, 0.25) is 0 Å². The van der Waals surface area contributed by atoms with Crippen molar-refractivity contribution in [2.75, 3.05) is 5.32 Å². The first-order chi connectivity index (χ1) is 19.4. The number of carbonyl (C=O) groups is 1. The lowest BCUT2D eigenvalue weighted by Crippen LogP contribution is -2.37. The van der Waals surface area contributed by atoms with Crippen molar-refractivity contribution in [3.63, 3.8) is 0 Å². The number of amides is 1. The summed E-state index contributed by atoms with van der Waals surface area (Å²) < 4.78 is 13.0. The van der Waals surface area contributed by atoms with E-state index in [1.807, 2.05) is 6.92 Å². The molecule has 1 aliphatic heterocycles. The molecule has 2 aromatic rings. The number of phenolic OH excluding ortho intramolecular Hbond substituents is 1. The first kappa shape index (κ1) is 32.8. The van der Waals surface area contributed by atoms with Gasteiger partial charge in [-0.1, -0.05) is 72.6 Å². The van der Waals surface area contributed by atoms with E-state index in [1.54, 1.807) is 12.1 Å². The van der Waals surface area contributed by atoms with Crippen LogP contribution in [0.5, 0.6) is 23.0 Å². The zero-order valence-corrected chi connectivity index (χ0v) is 27.0. The van der Waals surface area contributed by atoms with Gasteiger partial charge in [0.1, 0.15) is 17.1 Å². The second-order valence-corrected chi connectivity index (χ2v) is 13.5. The van der Waals surface area contributed by atoms with Crippen molar-refractivity contribution in [2.24, 2.45) is 17.8 Å². The van der Waals surface area contributed by atoms with Crippen LogP contribution >= 0.6 is 0 Å². The minimum absolute atomic E-state index is 0.0322. The smallest absolute Gasteiger partial charge is 0.211 e. The van der Waals surface area contributed by atoms with Crippen molar-refractivity contribution in [2.45, 2.75) is 132 Å². The summed E-state index contributed by atoms with van der Waals surface area (Å²) >= 11 is 0. The highest BCUT2D eigenvalue weighted by atomic mass is 16.5. The molecule has 3 atom stereocenters. The minimum atomic E-state index is -0.156. The Labute approximate surface area is 249 Å². The third-order valence-electron chi connectivity index (χ3n) is 9.24. The van der Waals surface area contributed by atoms with Crippen LogP contribution in [0.4, 0.5) is 5.69 Å². The van der Waals surface area contributed by atoms with Crippen molar-refractivity contribution in [3.05, 3.63) is 40.5 Å². The summed E-state index contributed by atoms with van der Waals surface area (Å²) in [6, 6.07) is 4.81. The van der Waals surface area contributed by atoms with Gasteiger partial charge in [-0.05, 0) is 100.0 Å². The number of benzene rings is 2. The number of rotatable bonds is 16. The molecule has 1 heterocycles. The molecule has 41 heavy (non-hydrogen) atoms. The minimum Gasteiger partial charge on any atom is -0.504 e. The Kier molecular flexibility index (Phi) is 12.0. The Balaban J connectivity index is 1.56. The Morgan fingerprint density at radius 2 is 1.59 bits per heavy atom. The normalized spacial score (nSPS) is 18.0. The largest absolute Gasteiger partial charge is 0.504 e. The molecule has 0 saturated carbocycles. The summed E-state index contributed by atoms with van der Waals surface area (Å²) in [5, 5.41) is 13.0. The molecule has 0 unspecified atom stereocenters. The Morgan fingerprint density at radius 3 is 2.22 bits per heavy atom. The van der Waals surface area contributed by atoms with E-state index in [-0.39, 0.29) is 11.4 Å². The number of hydrogen-bond acceptors (Lipinski definition) is 4. The molecule has 228 valence electrons. The van der Waals surface area contributed by atoms with Crippen LogP contribution in [0, 0.1) is 38.5 Å². The van der Waals surface area contributed by atoms with Gasteiger partial charge in [0.05, 0.1) is 0 Å². The van der Waals surface area contributed by atoms with Gasteiger partial charge < -0.3 is 19.9 Å². The average molecular weight is 566 g/mol. The van der Waals surface area contributed by atoms with Crippen LogP contribution in [0.15, 0.2) is 18.2 Å². The maximum atomic E-state index is 10.9. The molecule has 0 bridgehead atoms. The molecule has 1 aliphatic rings. The van der Waals surface area contributed by atoms with Gasteiger partial charge in [0.25, 0.3) is 0 Å². The van der Waals surface area contributed by atoms with Crippen molar-refractivity contribution in [1.29, 1.82) is 0 Å². The average Bonchev–Trinajstić information content (AvgIpc) is 2.91. The van der Waals surface area contributed by atoms with E-state index in [4.69, 9.17) is 9.47 Å². The summed E-state index contributed by atoms with van der Waals surface area (Å²) in [5.41, 5.74) is 4.74. The van der Waals surface area contributed by atoms with Crippen molar-refractivity contribution in [1.82, 2.24) is 0 Å². The van der Waals surface area contributed by atoms with Gasteiger partial charge >= 0.3 is 0 Å². The van der Waals surface area contributed by atoms with Crippen LogP contribution in [0.3, 0.4) is 0 Å². The third kappa shape index (κ3) is 9.15. The highest BCUT2D eigenvalue weighted by Crippen LogP contribution is 2.47. The lowest BCUT2D eigenvalue weighted by Gasteiger charge is -2.38. The number of phenols is 1. The predicted molar refractivity (Wildman–Crippen MR) is 171 cm³/mol. The monoisotopic (exact) mass is 565 g/mol. The number of hydrogen-bond donors (Lipinski definition) is 2. The molecule has 2 aromatic carbocycles. The molecule has 5 nitrogen and oxygen atoms in total. The first-order valence-corrected chi connectivity index (χ1v) is 16.0. The van der Waals surface area contributed by atoms with E-state index >= 15 is 0 Å². The van der Waals surface area contributed by atoms with Crippen LogP contribution in [-0.2, 0) is 11.2 Å². The van der Waals surface area contributed by atoms with Gasteiger partial charge in [-0.2, -0.15) is 0 Å². The molecule has 3 rings (SSSR count). The van der Waals surface area contributed by atoms with E-state index < -0.39 is 0 Å². The molecule has 0 fully saturated rings. The standard InChI is InChI=1S/C36H55NO4/c1-24(2)12-9-13-25(3)14-10-15-26(4)16-11-20-36(8)21-19-31-29(7)34(27(5)28(6)35(31)41-36)40-33-22-30(37-23-38)17-18-32(33)39/h17-18,22-26,39H,9-16,19-21H2,1-8H3,(H,37,38)/t25-,26-,36-/m1/s1. The maximum Gasteiger partial charge on any atom is 0.211 e. The van der Waals surface area contributed by atoms with E-state index in [0.717, 1.165) is 65.2 Å². The number of aromatic hydroxyl groups is 1. The Bertz CT molecular complexity index is 1160. The first-order valence-electron chi connectivity index (χ1n) is 16.0. The van der Waals surface area contributed by atoms with Gasteiger partial charge in [-0.25, -0.2) is 0 Å². The third-order valence-corrected chi connectivity index (χ3v) is 9.24. The highest BCUT2D eigenvalue weighted by molar-refractivity contribution is 5.73. The number of carbonyl (C=O) groups excluding carboxylic acids is 1. The molecular weight excluding hydrogens is 510 g/mol. The molecule has 5 heteroatoms. The van der Waals surface area contributed by atoms with Crippen LogP contribution in [-0.4, -0.2) is 17.1 Å². The summed E-state index contributed by atoms with van der Waals surface area (Å²) in [5.74, 6) is 4.54. The lowest BCUT2D eigenvalue weighted by atomic mass is 9.83. The SMILES string of the molecule is Cc1c(C)c2c(c(C)c1Oc1cc(NC=O)ccc1O)CC[C@@](C)(CCC[C@H](C)CCC[C@H](C)CCCC(C)C)O2. The molecule has 0 aliphatic carbocycles. The Hall–Kier alpha value is -2.69. The summed E-state index contributed by atoms with van der Waals surface area (Å²) in [6.45, 7) is 18.0. The van der Waals surface area contributed by atoms with Crippen LogP contribution < -0.4 is 14.8 Å². The topological polar surface area (TPSA) is 67.8 Å². The molecule has 0 saturated heterocycles. The fourth-order valence-corrected chi connectivity index (χ4v) is 6.28. The van der Waals surface area contributed by atoms with Crippen LogP contribution in [0.25, 0.3) is 0 Å². The quantitative estimate of drug-likeness (QED) is 0.157.